The Morgan fingerprint density at radius 1 is 1.13 bits per heavy atom. The Kier molecular flexibility index (Phi) is 2.64. The molecule has 0 bridgehead atoms. The van der Waals surface area contributed by atoms with Crippen LogP contribution in [0.5, 0.6) is 0 Å². The number of likely N-dealkylation sites (N-methyl/N-ethyl adjacent to an activating group) is 1. The first-order valence-electron chi connectivity index (χ1n) is 5.12. The maximum Gasteiger partial charge on any atom is 0.149 e. The highest BCUT2D eigenvalue weighted by Crippen LogP contribution is 2.19. The van der Waals surface area contributed by atoms with Crippen LogP contribution >= 0.6 is 0 Å². The second kappa shape index (κ2) is 3.94. The summed E-state index contributed by atoms with van der Waals surface area (Å²) >= 11 is 0. The monoisotopic (exact) mass is 207 g/mol. The van der Waals surface area contributed by atoms with Crippen molar-refractivity contribution in [2.75, 3.05) is 49.6 Å². The minimum absolute atomic E-state index is 0.423. The third-order valence-corrected chi connectivity index (χ3v) is 2.77. The molecule has 1 aromatic rings. The average molecular weight is 207 g/mol. The van der Waals surface area contributed by atoms with Crippen LogP contribution in [-0.2, 0) is 0 Å². The molecule has 1 aliphatic heterocycles. The predicted molar refractivity (Wildman–Crippen MR) is 62.8 cm³/mol. The molecule has 1 fully saturated rings. The standard InChI is InChI=1S/C10H17N5/c1-14-4-6-15(7-5-14)9-3-2-8(11)10(12)13-9/h2-3H,4-7,11H2,1H3,(H2,12,13). The van der Waals surface area contributed by atoms with Crippen LogP contribution in [0.25, 0.3) is 0 Å². The third kappa shape index (κ3) is 2.12. The Morgan fingerprint density at radius 2 is 1.80 bits per heavy atom. The van der Waals surface area contributed by atoms with Crippen LogP contribution in [0.2, 0.25) is 0 Å². The van der Waals surface area contributed by atoms with Crippen LogP contribution < -0.4 is 16.4 Å². The van der Waals surface area contributed by atoms with Gasteiger partial charge in [-0.15, -0.1) is 0 Å². The highest BCUT2D eigenvalue weighted by molar-refractivity contribution is 5.62. The van der Waals surface area contributed by atoms with Gasteiger partial charge in [0.05, 0.1) is 5.69 Å². The highest BCUT2D eigenvalue weighted by atomic mass is 15.3. The normalized spacial score (nSPS) is 18.1. The molecule has 4 N–H and O–H groups in total. The van der Waals surface area contributed by atoms with E-state index < -0.39 is 0 Å². The molecule has 1 saturated heterocycles. The SMILES string of the molecule is CN1CCN(c2ccc(N)c(N)n2)CC1. The van der Waals surface area contributed by atoms with Crippen LogP contribution in [0.1, 0.15) is 0 Å². The van der Waals surface area contributed by atoms with Crippen LogP contribution in [-0.4, -0.2) is 43.1 Å². The fourth-order valence-electron chi connectivity index (χ4n) is 1.69. The maximum absolute atomic E-state index is 5.68. The molecule has 5 heteroatoms. The molecule has 2 heterocycles. The van der Waals surface area contributed by atoms with Gasteiger partial charge in [0.2, 0.25) is 0 Å². The van der Waals surface area contributed by atoms with E-state index in [1.165, 1.54) is 0 Å². The molecule has 0 spiro atoms. The second-order valence-electron chi connectivity index (χ2n) is 3.93. The summed E-state index contributed by atoms with van der Waals surface area (Å²) in [6.45, 7) is 4.11. The summed E-state index contributed by atoms with van der Waals surface area (Å²) in [4.78, 5) is 8.82. The maximum atomic E-state index is 5.68. The van der Waals surface area contributed by atoms with Gasteiger partial charge in [0.1, 0.15) is 11.6 Å². The van der Waals surface area contributed by atoms with Gasteiger partial charge in [0, 0.05) is 26.2 Å². The summed E-state index contributed by atoms with van der Waals surface area (Å²) in [6.07, 6.45) is 0. The first-order valence-corrected chi connectivity index (χ1v) is 5.12. The molecule has 1 aromatic heterocycles. The lowest BCUT2D eigenvalue weighted by molar-refractivity contribution is 0.312. The molecular weight excluding hydrogens is 190 g/mol. The zero-order valence-electron chi connectivity index (χ0n) is 8.98. The lowest BCUT2D eigenvalue weighted by Gasteiger charge is -2.33. The molecule has 0 aromatic carbocycles. The molecule has 0 atom stereocenters. The van der Waals surface area contributed by atoms with Gasteiger partial charge in [-0.05, 0) is 19.2 Å². The van der Waals surface area contributed by atoms with Gasteiger partial charge in [0.25, 0.3) is 0 Å². The smallest absolute Gasteiger partial charge is 0.149 e. The van der Waals surface area contributed by atoms with Crippen LogP contribution in [0.3, 0.4) is 0 Å². The lowest BCUT2D eigenvalue weighted by atomic mass is 10.3. The van der Waals surface area contributed by atoms with Gasteiger partial charge in [-0.25, -0.2) is 4.98 Å². The molecule has 82 valence electrons. The van der Waals surface area contributed by atoms with Crippen molar-refractivity contribution in [1.82, 2.24) is 9.88 Å². The van der Waals surface area contributed by atoms with Crippen LogP contribution in [0, 0.1) is 0 Å². The largest absolute Gasteiger partial charge is 0.396 e. The number of nitrogens with two attached hydrogens (primary N) is 2. The number of hydrogen-bond acceptors (Lipinski definition) is 5. The van der Waals surface area contributed by atoms with Gasteiger partial charge < -0.3 is 21.3 Å². The average Bonchev–Trinajstić information content (AvgIpc) is 2.23. The Morgan fingerprint density at radius 3 is 2.40 bits per heavy atom. The summed E-state index contributed by atoms with van der Waals surface area (Å²) in [6, 6.07) is 3.74. The minimum atomic E-state index is 0.423. The Labute approximate surface area is 89.7 Å². The van der Waals surface area contributed by atoms with E-state index in [2.05, 4.69) is 21.8 Å². The number of rotatable bonds is 1. The number of nitrogens with zero attached hydrogens (tertiary/aromatic N) is 3. The number of aromatic nitrogens is 1. The van der Waals surface area contributed by atoms with E-state index in [4.69, 9.17) is 11.5 Å². The number of nitrogen functional groups attached to an aromatic ring is 2. The van der Waals surface area contributed by atoms with Gasteiger partial charge >= 0.3 is 0 Å². The number of hydrogen-bond donors (Lipinski definition) is 2. The molecule has 0 saturated carbocycles. The first kappa shape index (κ1) is 10.0. The molecular formula is C10H17N5. The van der Waals surface area contributed by atoms with E-state index in [9.17, 15) is 0 Å². The summed E-state index contributed by atoms with van der Waals surface area (Å²) in [5.41, 5.74) is 11.9. The number of pyridine rings is 1. The van der Waals surface area contributed by atoms with Crippen LogP contribution in [0.15, 0.2) is 12.1 Å². The summed E-state index contributed by atoms with van der Waals surface area (Å²) in [5, 5.41) is 0. The Balaban J connectivity index is 2.12. The second-order valence-corrected chi connectivity index (χ2v) is 3.93. The number of anilines is 3. The zero-order chi connectivity index (χ0) is 10.8. The Bertz CT molecular complexity index is 344. The fourth-order valence-corrected chi connectivity index (χ4v) is 1.69. The summed E-state index contributed by atoms with van der Waals surface area (Å²) in [7, 11) is 2.13. The molecule has 1 aliphatic rings. The van der Waals surface area contributed by atoms with E-state index >= 15 is 0 Å². The minimum Gasteiger partial charge on any atom is -0.396 e. The molecule has 15 heavy (non-hydrogen) atoms. The molecule has 0 unspecified atom stereocenters. The van der Waals surface area contributed by atoms with Crippen LogP contribution in [0.4, 0.5) is 17.3 Å². The van der Waals surface area contributed by atoms with Crippen molar-refractivity contribution in [3.05, 3.63) is 12.1 Å². The van der Waals surface area contributed by atoms with E-state index in [-0.39, 0.29) is 0 Å². The molecule has 5 nitrogen and oxygen atoms in total. The van der Waals surface area contributed by atoms with Crippen molar-refractivity contribution >= 4 is 17.3 Å². The Hall–Kier alpha value is -1.49. The van der Waals surface area contributed by atoms with E-state index in [1.807, 2.05) is 12.1 Å². The first-order chi connectivity index (χ1) is 7.16. The highest BCUT2D eigenvalue weighted by Gasteiger charge is 2.15. The number of piperazine rings is 1. The van der Waals surface area contributed by atoms with Crippen molar-refractivity contribution in [1.29, 1.82) is 0 Å². The summed E-state index contributed by atoms with van der Waals surface area (Å²) in [5.74, 6) is 1.35. The topological polar surface area (TPSA) is 71.4 Å². The van der Waals surface area contributed by atoms with Crippen molar-refractivity contribution < 1.29 is 0 Å². The van der Waals surface area contributed by atoms with Gasteiger partial charge in [0.15, 0.2) is 0 Å². The van der Waals surface area contributed by atoms with Crippen molar-refractivity contribution in [2.45, 2.75) is 0 Å². The zero-order valence-corrected chi connectivity index (χ0v) is 8.98. The van der Waals surface area contributed by atoms with Gasteiger partial charge in [-0.3, -0.25) is 0 Å². The van der Waals surface area contributed by atoms with Crippen molar-refractivity contribution in [2.24, 2.45) is 0 Å². The van der Waals surface area contributed by atoms with E-state index in [0.29, 0.717) is 11.5 Å². The van der Waals surface area contributed by atoms with E-state index in [1.54, 1.807) is 0 Å². The van der Waals surface area contributed by atoms with Crippen molar-refractivity contribution in [3.8, 4) is 0 Å². The van der Waals surface area contributed by atoms with E-state index in [0.717, 1.165) is 32.0 Å². The lowest BCUT2D eigenvalue weighted by Crippen LogP contribution is -2.44. The third-order valence-electron chi connectivity index (χ3n) is 2.77. The quantitative estimate of drug-likeness (QED) is 0.678. The molecule has 0 amide bonds. The molecule has 0 aliphatic carbocycles. The summed E-state index contributed by atoms with van der Waals surface area (Å²) < 4.78 is 0. The predicted octanol–water partition coefficient (Wildman–Crippen LogP) is -0.00220. The molecule has 0 radical (unpaired) electrons. The van der Waals surface area contributed by atoms with Gasteiger partial charge in [-0.2, -0.15) is 0 Å². The van der Waals surface area contributed by atoms with Gasteiger partial charge in [-0.1, -0.05) is 0 Å². The fraction of sp³-hybridized carbons (Fsp3) is 0.500. The molecule has 2 rings (SSSR count). The van der Waals surface area contributed by atoms with Crippen molar-refractivity contribution in [3.63, 3.8) is 0 Å².